The minimum Gasteiger partial charge on any atom is -0.489 e. The van der Waals surface area contributed by atoms with E-state index in [0.717, 1.165) is 21.3 Å². The average molecular weight is 407 g/mol. The van der Waals surface area contributed by atoms with Gasteiger partial charge in [-0.3, -0.25) is 9.69 Å². The summed E-state index contributed by atoms with van der Waals surface area (Å²) in [6, 6.07) is 15.1. The van der Waals surface area contributed by atoms with Gasteiger partial charge in [-0.15, -0.1) is 0 Å². The van der Waals surface area contributed by atoms with Crippen LogP contribution in [0, 0.1) is 0 Å². The van der Waals surface area contributed by atoms with Gasteiger partial charge in [-0.05, 0) is 35.4 Å². The Hall–Kier alpha value is -1.92. The maximum atomic E-state index is 13.6. The van der Waals surface area contributed by atoms with Crippen molar-refractivity contribution in [3.05, 3.63) is 64.1 Å². The standard InChI is InChI=1S/C19H20BrFN2O2/c20-15-3-1-2-14(8-15)12-25-17-6-4-13(5-7-17)10-23-11-16(21)9-18(23)19(22)24/h1-8,16,18H,9-12H2,(H2,22,24). The molecular weight excluding hydrogens is 387 g/mol. The summed E-state index contributed by atoms with van der Waals surface area (Å²) in [5.41, 5.74) is 7.44. The first-order chi connectivity index (χ1) is 12.0. The molecule has 2 atom stereocenters. The lowest BCUT2D eigenvalue weighted by molar-refractivity contribution is -0.122. The third kappa shape index (κ3) is 4.80. The highest BCUT2D eigenvalue weighted by atomic mass is 79.9. The minimum absolute atomic E-state index is 0.184. The Kier molecular flexibility index (Phi) is 5.71. The molecule has 2 aromatic rings. The molecule has 2 unspecified atom stereocenters. The molecule has 0 saturated carbocycles. The van der Waals surface area contributed by atoms with Crippen LogP contribution in [0.4, 0.5) is 4.39 Å². The molecule has 25 heavy (non-hydrogen) atoms. The van der Waals surface area contributed by atoms with Gasteiger partial charge in [0.2, 0.25) is 5.91 Å². The van der Waals surface area contributed by atoms with Crippen LogP contribution in [-0.2, 0) is 17.9 Å². The molecule has 2 N–H and O–H groups in total. The van der Waals surface area contributed by atoms with Gasteiger partial charge in [0.05, 0.1) is 6.04 Å². The molecule has 4 nitrogen and oxygen atoms in total. The number of carbonyl (C=O) groups is 1. The van der Waals surface area contributed by atoms with E-state index in [0.29, 0.717) is 13.2 Å². The minimum atomic E-state index is -0.995. The number of rotatable bonds is 6. The number of nitrogens with zero attached hydrogens (tertiary/aromatic N) is 1. The number of hydrogen-bond donors (Lipinski definition) is 1. The van der Waals surface area contributed by atoms with Crippen molar-refractivity contribution in [2.45, 2.75) is 31.8 Å². The second-order valence-electron chi connectivity index (χ2n) is 6.24. The van der Waals surface area contributed by atoms with Crippen molar-refractivity contribution in [1.82, 2.24) is 4.90 Å². The lowest BCUT2D eigenvalue weighted by atomic mass is 10.1. The predicted octanol–water partition coefficient (Wildman–Crippen LogP) is 3.43. The number of ether oxygens (including phenoxy) is 1. The van der Waals surface area contributed by atoms with Gasteiger partial charge >= 0.3 is 0 Å². The Balaban J connectivity index is 1.58. The summed E-state index contributed by atoms with van der Waals surface area (Å²) < 4.78 is 20.4. The number of benzene rings is 2. The average Bonchev–Trinajstić information content (AvgIpc) is 2.95. The van der Waals surface area contributed by atoms with Gasteiger partial charge in [-0.2, -0.15) is 0 Å². The number of carbonyl (C=O) groups excluding carboxylic acids is 1. The van der Waals surface area contributed by atoms with Crippen LogP contribution in [0.2, 0.25) is 0 Å². The topological polar surface area (TPSA) is 55.6 Å². The van der Waals surface area contributed by atoms with E-state index in [1.54, 1.807) is 4.90 Å². The summed E-state index contributed by atoms with van der Waals surface area (Å²) in [5.74, 6) is 0.300. The quantitative estimate of drug-likeness (QED) is 0.799. The molecule has 0 aliphatic carbocycles. The Morgan fingerprint density at radius 3 is 2.68 bits per heavy atom. The van der Waals surface area contributed by atoms with Gasteiger partial charge in [-0.1, -0.05) is 40.2 Å². The fraction of sp³-hybridized carbons (Fsp3) is 0.316. The van der Waals surface area contributed by atoms with E-state index in [4.69, 9.17) is 10.5 Å². The fourth-order valence-electron chi connectivity index (χ4n) is 3.04. The summed E-state index contributed by atoms with van der Waals surface area (Å²) in [6.07, 6.45) is -0.811. The number of halogens is 2. The SMILES string of the molecule is NC(=O)C1CC(F)CN1Cc1ccc(OCc2cccc(Br)c2)cc1. The second-order valence-corrected chi connectivity index (χ2v) is 7.16. The van der Waals surface area contributed by atoms with E-state index in [1.165, 1.54) is 0 Å². The molecule has 1 aliphatic heterocycles. The van der Waals surface area contributed by atoms with Crippen molar-refractivity contribution in [2.75, 3.05) is 6.54 Å². The van der Waals surface area contributed by atoms with Crippen molar-refractivity contribution in [1.29, 1.82) is 0 Å². The molecule has 0 aromatic heterocycles. The van der Waals surface area contributed by atoms with Crippen LogP contribution in [0.1, 0.15) is 17.5 Å². The molecule has 0 radical (unpaired) electrons. The van der Waals surface area contributed by atoms with Crippen molar-refractivity contribution in [3.63, 3.8) is 0 Å². The lowest BCUT2D eigenvalue weighted by Gasteiger charge is -2.21. The molecule has 1 aliphatic rings. The number of likely N-dealkylation sites (tertiary alicyclic amines) is 1. The Morgan fingerprint density at radius 1 is 1.24 bits per heavy atom. The molecule has 6 heteroatoms. The van der Waals surface area contributed by atoms with Crippen LogP contribution in [0.25, 0.3) is 0 Å². The highest BCUT2D eigenvalue weighted by Gasteiger charge is 2.35. The van der Waals surface area contributed by atoms with Gasteiger partial charge in [0.15, 0.2) is 0 Å². The van der Waals surface area contributed by atoms with Crippen LogP contribution >= 0.6 is 15.9 Å². The zero-order valence-electron chi connectivity index (χ0n) is 13.7. The highest BCUT2D eigenvalue weighted by Crippen LogP contribution is 2.23. The fourth-order valence-corrected chi connectivity index (χ4v) is 3.48. The Labute approximate surface area is 154 Å². The lowest BCUT2D eigenvalue weighted by Crippen LogP contribution is -2.39. The monoisotopic (exact) mass is 406 g/mol. The molecule has 1 amide bonds. The van der Waals surface area contributed by atoms with Crippen LogP contribution in [0.5, 0.6) is 5.75 Å². The Morgan fingerprint density at radius 2 is 2.00 bits per heavy atom. The van der Waals surface area contributed by atoms with Crippen LogP contribution in [-0.4, -0.2) is 29.6 Å². The molecular formula is C19H20BrFN2O2. The maximum absolute atomic E-state index is 13.6. The Bertz CT molecular complexity index is 738. The van der Waals surface area contributed by atoms with Gasteiger partial charge in [0, 0.05) is 24.0 Å². The van der Waals surface area contributed by atoms with Gasteiger partial charge in [0.25, 0.3) is 0 Å². The second kappa shape index (κ2) is 7.97. The van der Waals surface area contributed by atoms with Crippen molar-refractivity contribution in [3.8, 4) is 5.75 Å². The number of primary amides is 1. The molecule has 1 fully saturated rings. The van der Waals surface area contributed by atoms with Gasteiger partial charge in [-0.25, -0.2) is 4.39 Å². The van der Waals surface area contributed by atoms with E-state index in [2.05, 4.69) is 15.9 Å². The molecule has 0 bridgehead atoms. The van der Waals surface area contributed by atoms with Crippen LogP contribution in [0.15, 0.2) is 53.0 Å². The van der Waals surface area contributed by atoms with Crippen molar-refractivity contribution >= 4 is 21.8 Å². The van der Waals surface area contributed by atoms with Crippen molar-refractivity contribution < 1.29 is 13.9 Å². The van der Waals surface area contributed by atoms with E-state index in [9.17, 15) is 9.18 Å². The van der Waals surface area contributed by atoms with E-state index in [-0.39, 0.29) is 13.0 Å². The number of alkyl halides is 1. The van der Waals surface area contributed by atoms with E-state index < -0.39 is 18.1 Å². The molecule has 1 saturated heterocycles. The zero-order chi connectivity index (χ0) is 17.8. The predicted molar refractivity (Wildman–Crippen MR) is 97.8 cm³/mol. The van der Waals surface area contributed by atoms with Crippen LogP contribution in [0.3, 0.4) is 0 Å². The molecule has 0 spiro atoms. The summed E-state index contributed by atoms with van der Waals surface area (Å²) in [4.78, 5) is 13.2. The summed E-state index contributed by atoms with van der Waals surface area (Å²) in [5, 5.41) is 0. The third-order valence-corrected chi connectivity index (χ3v) is 4.78. The highest BCUT2D eigenvalue weighted by molar-refractivity contribution is 9.10. The largest absolute Gasteiger partial charge is 0.489 e. The van der Waals surface area contributed by atoms with Gasteiger partial charge < -0.3 is 10.5 Å². The van der Waals surface area contributed by atoms with E-state index >= 15 is 0 Å². The molecule has 1 heterocycles. The first kappa shape index (κ1) is 17.9. The number of nitrogens with two attached hydrogens (primary N) is 1. The van der Waals surface area contributed by atoms with Crippen molar-refractivity contribution in [2.24, 2.45) is 5.73 Å². The summed E-state index contributed by atoms with van der Waals surface area (Å²) in [6.45, 7) is 1.23. The number of hydrogen-bond acceptors (Lipinski definition) is 3. The maximum Gasteiger partial charge on any atom is 0.234 e. The van der Waals surface area contributed by atoms with E-state index in [1.807, 2.05) is 48.5 Å². The summed E-state index contributed by atoms with van der Waals surface area (Å²) >= 11 is 3.44. The molecule has 132 valence electrons. The molecule has 3 rings (SSSR count). The summed E-state index contributed by atoms with van der Waals surface area (Å²) in [7, 11) is 0. The normalized spacial score (nSPS) is 20.6. The smallest absolute Gasteiger partial charge is 0.234 e. The number of amides is 1. The van der Waals surface area contributed by atoms with Gasteiger partial charge in [0.1, 0.15) is 18.5 Å². The zero-order valence-corrected chi connectivity index (χ0v) is 15.3. The molecule has 2 aromatic carbocycles. The first-order valence-electron chi connectivity index (χ1n) is 8.15. The third-order valence-electron chi connectivity index (χ3n) is 4.28. The first-order valence-corrected chi connectivity index (χ1v) is 8.94. The van der Waals surface area contributed by atoms with Crippen LogP contribution < -0.4 is 10.5 Å².